The number of rotatable bonds is 3. The van der Waals surface area contributed by atoms with E-state index >= 15 is 0 Å². The van der Waals surface area contributed by atoms with Gasteiger partial charge in [-0.15, -0.1) is 11.3 Å². The van der Waals surface area contributed by atoms with Crippen LogP contribution in [0.3, 0.4) is 0 Å². The Balaban J connectivity index is 2.38. The van der Waals surface area contributed by atoms with Crippen molar-refractivity contribution >= 4 is 34.0 Å². The van der Waals surface area contributed by atoms with Gasteiger partial charge in [0.2, 0.25) is 5.91 Å². The summed E-state index contributed by atoms with van der Waals surface area (Å²) in [5.41, 5.74) is 0. The average molecular weight is 206 g/mol. The molecule has 0 radical (unpaired) electrons. The van der Waals surface area contributed by atoms with Crippen molar-refractivity contribution in [1.29, 1.82) is 0 Å². The zero-order valence-corrected chi connectivity index (χ0v) is 8.00. The average Bonchev–Trinajstić information content (AvgIpc) is 2.47. The highest BCUT2D eigenvalue weighted by Gasteiger charge is 2.00. The third kappa shape index (κ3) is 2.67. The van der Waals surface area contributed by atoms with E-state index < -0.39 is 0 Å². The SMILES string of the molecule is CNC(=O)CNc1nc(Cl)cs1. The Morgan fingerprint density at radius 2 is 2.58 bits per heavy atom. The lowest BCUT2D eigenvalue weighted by molar-refractivity contribution is -0.118. The molecule has 1 rings (SSSR count). The molecule has 0 aromatic carbocycles. The first-order chi connectivity index (χ1) is 5.72. The number of thiazole rings is 1. The highest BCUT2D eigenvalue weighted by molar-refractivity contribution is 7.14. The second-order valence-corrected chi connectivity index (χ2v) is 3.25. The molecule has 2 N–H and O–H groups in total. The topological polar surface area (TPSA) is 54.0 Å². The van der Waals surface area contributed by atoms with Gasteiger partial charge in [0.25, 0.3) is 0 Å². The minimum atomic E-state index is -0.0821. The van der Waals surface area contributed by atoms with Crippen LogP contribution in [0.5, 0.6) is 0 Å². The molecular formula is C6H8ClN3OS. The predicted molar refractivity (Wildman–Crippen MR) is 49.7 cm³/mol. The fraction of sp³-hybridized carbons (Fsp3) is 0.333. The van der Waals surface area contributed by atoms with Crippen LogP contribution in [0.2, 0.25) is 5.15 Å². The molecule has 0 spiro atoms. The number of hydrogen-bond donors (Lipinski definition) is 2. The van der Waals surface area contributed by atoms with Crippen LogP contribution in [-0.4, -0.2) is 24.5 Å². The zero-order valence-electron chi connectivity index (χ0n) is 6.43. The highest BCUT2D eigenvalue weighted by atomic mass is 35.5. The summed E-state index contributed by atoms with van der Waals surface area (Å²) in [6, 6.07) is 0. The van der Waals surface area contributed by atoms with E-state index in [1.807, 2.05) is 0 Å². The lowest BCUT2D eigenvalue weighted by Gasteiger charge is -1.99. The number of amides is 1. The number of hydrogen-bond acceptors (Lipinski definition) is 4. The van der Waals surface area contributed by atoms with E-state index in [4.69, 9.17) is 11.6 Å². The predicted octanol–water partition coefficient (Wildman–Crippen LogP) is 0.954. The van der Waals surface area contributed by atoms with Crippen molar-refractivity contribution in [1.82, 2.24) is 10.3 Å². The lowest BCUT2D eigenvalue weighted by atomic mass is 10.6. The number of nitrogens with one attached hydrogen (secondary N) is 2. The van der Waals surface area contributed by atoms with Gasteiger partial charge in [0, 0.05) is 12.4 Å². The Labute approximate surface area is 79.0 Å². The molecule has 0 atom stereocenters. The minimum absolute atomic E-state index is 0.0821. The van der Waals surface area contributed by atoms with Gasteiger partial charge >= 0.3 is 0 Å². The molecule has 0 saturated carbocycles. The molecule has 0 aliphatic rings. The molecule has 0 saturated heterocycles. The maximum absolute atomic E-state index is 10.8. The first-order valence-corrected chi connectivity index (χ1v) is 4.53. The first kappa shape index (κ1) is 9.28. The number of nitrogens with zero attached hydrogens (tertiary/aromatic N) is 1. The maximum atomic E-state index is 10.8. The number of carbonyl (C=O) groups excluding carboxylic acids is 1. The van der Waals surface area contributed by atoms with E-state index in [-0.39, 0.29) is 12.5 Å². The summed E-state index contributed by atoms with van der Waals surface area (Å²) in [5.74, 6) is -0.0821. The molecule has 0 aliphatic carbocycles. The molecule has 1 aromatic heterocycles. The third-order valence-electron chi connectivity index (χ3n) is 1.16. The molecule has 6 heteroatoms. The summed E-state index contributed by atoms with van der Waals surface area (Å²) in [7, 11) is 1.58. The quantitative estimate of drug-likeness (QED) is 0.773. The lowest BCUT2D eigenvalue weighted by Crippen LogP contribution is -2.26. The molecule has 0 bridgehead atoms. The first-order valence-electron chi connectivity index (χ1n) is 3.28. The second-order valence-electron chi connectivity index (χ2n) is 2.00. The van der Waals surface area contributed by atoms with Crippen LogP contribution in [0.25, 0.3) is 0 Å². The number of halogens is 1. The number of carbonyl (C=O) groups is 1. The van der Waals surface area contributed by atoms with E-state index in [9.17, 15) is 4.79 Å². The molecule has 66 valence electrons. The van der Waals surface area contributed by atoms with Crippen LogP contribution in [0.15, 0.2) is 5.38 Å². The molecule has 0 fully saturated rings. The molecule has 1 aromatic rings. The second kappa shape index (κ2) is 4.27. The molecule has 12 heavy (non-hydrogen) atoms. The van der Waals surface area contributed by atoms with E-state index in [0.29, 0.717) is 10.3 Å². The van der Waals surface area contributed by atoms with Crippen LogP contribution >= 0.6 is 22.9 Å². The Bertz CT molecular complexity index is 276. The zero-order chi connectivity index (χ0) is 8.97. The van der Waals surface area contributed by atoms with Crippen LogP contribution in [-0.2, 0) is 4.79 Å². The van der Waals surface area contributed by atoms with Gasteiger partial charge < -0.3 is 10.6 Å². The van der Waals surface area contributed by atoms with Crippen molar-refractivity contribution in [3.05, 3.63) is 10.5 Å². The van der Waals surface area contributed by atoms with Crippen LogP contribution in [0, 0.1) is 0 Å². The summed E-state index contributed by atoms with van der Waals surface area (Å²) in [5, 5.41) is 8.11. The number of anilines is 1. The molecular weight excluding hydrogens is 198 g/mol. The van der Waals surface area contributed by atoms with E-state index in [1.165, 1.54) is 11.3 Å². The van der Waals surface area contributed by atoms with Gasteiger partial charge in [-0.3, -0.25) is 4.79 Å². The van der Waals surface area contributed by atoms with Crippen molar-refractivity contribution < 1.29 is 4.79 Å². The largest absolute Gasteiger partial charge is 0.358 e. The van der Waals surface area contributed by atoms with Gasteiger partial charge in [-0.05, 0) is 0 Å². The van der Waals surface area contributed by atoms with E-state index in [2.05, 4.69) is 15.6 Å². The standard InChI is InChI=1S/C6H8ClN3OS/c1-8-5(11)2-9-6-10-4(7)3-12-6/h3H,2H2,1H3,(H,8,11)(H,9,10). The minimum Gasteiger partial charge on any atom is -0.358 e. The van der Waals surface area contributed by atoms with Crippen molar-refractivity contribution in [3.63, 3.8) is 0 Å². The van der Waals surface area contributed by atoms with Gasteiger partial charge in [0.15, 0.2) is 5.13 Å². The van der Waals surface area contributed by atoms with Gasteiger partial charge in [-0.25, -0.2) is 4.98 Å². The van der Waals surface area contributed by atoms with Crippen molar-refractivity contribution in [3.8, 4) is 0 Å². The summed E-state index contributed by atoms with van der Waals surface area (Å²) < 4.78 is 0. The Morgan fingerprint density at radius 1 is 1.83 bits per heavy atom. The molecule has 4 nitrogen and oxygen atoms in total. The Hall–Kier alpha value is -0.810. The van der Waals surface area contributed by atoms with Crippen molar-refractivity contribution in [2.24, 2.45) is 0 Å². The molecule has 1 amide bonds. The highest BCUT2D eigenvalue weighted by Crippen LogP contribution is 2.18. The van der Waals surface area contributed by atoms with Crippen LogP contribution in [0.1, 0.15) is 0 Å². The monoisotopic (exact) mass is 205 g/mol. The normalized spacial score (nSPS) is 9.50. The summed E-state index contributed by atoms with van der Waals surface area (Å²) in [6.45, 7) is 0.223. The van der Waals surface area contributed by atoms with E-state index in [1.54, 1.807) is 12.4 Å². The molecule has 0 unspecified atom stereocenters. The third-order valence-corrected chi connectivity index (χ3v) is 2.28. The summed E-state index contributed by atoms with van der Waals surface area (Å²) in [6.07, 6.45) is 0. The van der Waals surface area contributed by atoms with Gasteiger partial charge in [0.05, 0.1) is 6.54 Å². The van der Waals surface area contributed by atoms with Crippen LogP contribution in [0.4, 0.5) is 5.13 Å². The molecule has 0 aliphatic heterocycles. The van der Waals surface area contributed by atoms with E-state index in [0.717, 1.165) is 0 Å². The number of aromatic nitrogens is 1. The Morgan fingerprint density at radius 3 is 3.08 bits per heavy atom. The Kier molecular flexibility index (Phi) is 3.31. The smallest absolute Gasteiger partial charge is 0.239 e. The van der Waals surface area contributed by atoms with Gasteiger partial charge in [-0.2, -0.15) is 0 Å². The van der Waals surface area contributed by atoms with Crippen molar-refractivity contribution in [2.75, 3.05) is 18.9 Å². The fourth-order valence-corrected chi connectivity index (χ4v) is 1.42. The van der Waals surface area contributed by atoms with Crippen molar-refractivity contribution in [2.45, 2.75) is 0 Å². The van der Waals surface area contributed by atoms with Gasteiger partial charge in [0.1, 0.15) is 5.15 Å². The molecule has 1 heterocycles. The fourth-order valence-electron chi connectivity index (χ4n) is 0.580. The number of likely N-dealkylation sites (N-methyl/N-ethyl adjacent to an activating group) is 1. The maximum Gasteiger partial charge on any atom is 0.239 e. The summed E-state index contributed by atoms with van der Waals surface area (Å²) >= 11 is 6.94. The van der Waals surface area contributed by atoms with Gasteiger partial charge in [-0.1, -0.05) is 11.6 Å². The summed E-state index contributed by atoms with van der Waals surface area (Å²) in [4.78, 5) is 14.7. The van der Waals surface area contributed by atoms with Crippen LogP contribution < -0.4 is 10.6 Å².